The van der Waals surface area contributed by atoms with Gasteiger partial charge in [-0.05, 0) is 35.4 Å². The summed E-state index contributed by atoms with van der Waals surface area (Å²) in [5.41, 5.74) is 2.34. The fourth-order valence-corrected chi connectivity index (χ4v) is 2.13. The Morgan fingerprint density at radius 1 is 1.32 bits per heavy atom. The van der Waals surface area contributed by atoms with Crippen molar-refractivity contribution in [2.24, 2.45) is 4.99 Å². The molecule has 2 aromatic heterocycles. The number of furan rings is 1. The van der Waals surface area contributed by atoms with E-state index in [4.69, 9.17) is 4.42 Å². The lowest BCUT2D eigenvalue weighted by Crippen LogP contribution is -2.36. The van der Waals surface area contributed by atoms with E-state index in [-0.39, 0.29) is 24.0 Å². The molecule has 0 radical (unpaired) electrons. The van der Waals surface area contributed by atoms with Gasteiger partial charge in [-0.3, -0.25) is 0 Å². The average Bonchev–Trinajstić information content (AvgIpc) is 3.05. The maximum absolute atomic E-state index is 5.03. The standard InChI is InChI=1S/C13H17N3OS.HI/c1-2-14-13(15-7-11-3-5-17-9-11)16-8-12-4-6-18-10-12;/h3-6,9-10H,2,7-8H2,1H3,(H2,14,15,16);1H. The van der Waals surface area contributed by atoms with Gasteiger partial charge in [-0.2, -0.15) is 11.3 Å². The van der Waals surface area contributed by atoms with Crippen LogP contribution < -0.4 is 10.6 Å². The molecular weight excluding hydrogens is 373 g/mol. The van der Waals surface area contributed by atoms with Crippen molar-refractivity contribution in [3.63, 3.8) is 0 Å². The van der Waals surface area contributed by atoms with Crippen molar-refractivity contribution in [1.29, 1.82) is 0 Å². The normalized spacial score (nSPS) is 10.9. The Bertz CT molecular complexity index is 468. The first-order valence-corrected chi connectivity index (χ1v) is 6.87. The van der Waals surface area contributed by atoms with Gasteiger partial charge < -0.3 is 15.1 Å². The van der Waals surface area contributed by atoms with Gasteiger partial charge in [0, 0.05) is 18.7 Å². The van der Waals surface area contributed by atoms with Crippen molar-refractivity contribution in [2.75, 3.05) is 6.54 Å². The second-order valence-electron chi connectivity index (χ2n) is 3.81. The van der Waals surface area contributed by atoms with Crippen LogP contribution in [0.1, 0.15) is 18.1 Å². The summed E-state index contributed by atoms with van der Waals surface area (Å²) in [6, 6.07) is 4.03. The lowest BCUT2D eigenvalue weighted by Gasteiger charge is -2.09. The Morgan fingerprint density at radius 3 is 2.84 bits per heavy atom. The lowest BCUT2D eigenvalue weighted by atomic mass is 10.3. The molecule has 104 valence electrons. The van der Waals surface area contributed by atoms with Crippen LogP contribution in [0.25, 0.3) is 0 Å². The molecule has 0 unspecified atom stereocenters. The maximum Gasteiger partial charge on any atom is 0.191 e. The minimum Gasteiger partial charge on any atom is -0.472 e. The molecule has 19 heavy (non-hydrogen) atoms. The first-order chi connectivity index (χ1) is 8.88. The molecule has 2 rings (SSSR count). The van der Waals surface area contributed by atoms with E-state index in [1.807, 2.05) is 6.07 Å². The molecule has 0 atom stereocenters. The predicted molar refractivity (Wildman–Crippen MR) is 90.1 cm³/mol. The van der Waals surface area contributed by atoms with Crippen LogP contribution in [0.15, 0.2) is 44.8 Å². The Kier molecular flexibility index (Phi) is 7.57. The zero-order chi connectivity index (χ0) is 12.6. The number of aliphatic imine (C=N–C) groups is 1. The van der Waals surface area contributed by atoms with Gasteiger partial charge in [-0.1, -0.05) is 0 Å². The van der Waals surface area contributed by atoms with Crippen LogP contribution in [0.4, 0.5) is 0 Å². The number of nitrogens with zero attached hydrogens (tertiary/aromatic N) is 1. The molecule has 0 aliphatic heterocycles. The van der Waals surface area contributed by atoms with Gasteiger partial charge in [0.2, 0.25) is 0 Å². The van der Waals surface area contributed by atoms with Gasteiger partial charge in [-0.25, -0.2) is 4.99 Å². The Morgan fingerprint density at radius 2 is 2.21 bits per heavy atom. The number of halogens is 1. The molecule has 2 N–H and O–H groups in total. The van der Waals surface area contributed by atoms with Crippen LogP contribution in [-0.4, -0.2) is 12.5 Å². The third-order valence-electron chi connectivity index (χ3n) is 2.38. The highest BCUT2D eigenvalue weighted by Gasteiger charge is 1.99. The van der Waals surface area contributed by atoms with E-state index >= 15 is 0 Å². The van der Waals surface area contributed by atoms with Crippen molar-refractivity contribution < 1.29 is 4.42 Å². The van der Waals surface area contributed by atoms with Gasteiger partial charge in [-0.15, -0.1) is 24.0 Å². The van der Waals surface area contributed by atoms with Crippen molar-refractivity contribution in [1.82, 2.24) is 10.6 Å². The lowest BCUT2D eigenvalue weighted by molar-refractivity contribution is 0.563. The van der Waals surface area contributed by atoms with Crippen LogP contribution in [0, 0.1) is 0 Å². The quantitative estimate of drug-likeness (QED) is 0.468. The number of hydrogen-bond donors (Lipinski definition) is 2. The van der Waals surface area contributed by atoms with E-state index in [0.717, 1.165) is 18.1 Å². The Balaban J connectivity index is 0.00000180. The molecule has 0 aliphatic rings. The minimum absolute atomic E-state index is 0. The summed E-state index contributed by atoms with van der Waals surface area (Å²) in [6.45, 7) is 4.32. The number of hydrogen-bond acceptors (Lipinski definition) is 3. The third-order valence-corrected chi connectivity index (χ3v) is 3.12. The van der Waals surface area contributed by atoms with Crippen molar-refractivity contribution in [3.05, 3.63) is 46.5 Å². The van der Waals surface area contributed by atoms with Crippen molar-refractivity contribution in [2.45, 2.75) is 20.0 Å². The Hall–Kier alpha value is -1.02. The molecule has 0 amide bonds. The molecule has 0 aromatic carbocycles. The van der Waals surface area contributed by atoms with Gasteiger partial charge in [0.15, 0.2) is 5.96 Å². The summed E-state index contributed by atoms with van der Waals surface area (Å²) in [6.07, 6.45) is 3.40. The summed E-state index contributed by atoms with van der Waals surface area (Å²) in [7, 11) is 0. The third kappa shape index (κ3) is 5.65. The number of rotatable bonds is 5. The van der Waals surface area contributed by atoms with Gasteiger partial charge in [0.25, 0.3) is 0 Å². The molecule has 2 heterocycles. The molecule has 4 nitrogen and oxygen atoms in total. The highest BCUT2D eigenvalue weighted by Crippen LogP contribution is 2.06. The maximum atomic E-state index is 5.03. The van der Waals surface area contributed by atoms with Crippen LogP contribution in [-0.2, 0) is 13.1 Å². The van der Waals surface area contributed by atoms with E-state index in [1.165, 1.54) is 5.56 Å². The summed E-state index contributed by atoms with van der Waals surface area (Å²) in [5.74, 6) is 0.824. The van der Waals surface area contributed by atoms with E-state index in [2.05, 4.69) is 39.4 Å². The van der Waals surface area contributed by atoms with Gasteiger partial charge in [0.1, 0.15) is 0 Å². The minimum atomic E-state index is 0. The topological polar surface area (TPSA) is 49.6 Å². The molecule has 2 aromatic rings. The van der Waals surface area contributed by atoms with E-state index in [0.29, 0.717) is 13.1 Å². The van der Waals surface area contributed by atoms with E-state index in [1.54, 1.807) is 23.9 Å². The van der Waals surface area contributed by atoms with Crippen LogP contribution in [0.5, 0.6) is 0 Å². The monoisotopic (exact) mass is 391 g/mol. The molecule has 0 fully saturated rings. The molecule has 0 saturated carbocycles. The van der Waals surface area contributed by atoms with Gasteiger partial charge >= 0.3 is 0 Å². The summed E-state index contributed by atoms with van der Waals surface area (Å²) >= 11 is 1.69. The highest BCUT2D eigenvalue weighted by molar-refractivity contribution is 14.0. The zero-order valence-corrected chi connectivity index (χ0v) is 13.9. The van der Waals surface area contributed by atoms with E-state index in [9.17, 15) is 0 Å². The first kappa shape index (κ1) is 16.0. The predicted octanol–water partition coefficient (Wildman–Crippen LogP) is 3.21. The highest BCUT2D eigenvalue weighted by atomic mass is 127. The van der Waals surface area contributed by atoms with Gasteiger partial charge in [0.05, 0.1) is 19.1 Å². The second kappa shape index (κ2) is 8.98. The van der Waals surface area contributed by atoms with Crippen molar-refractivity contribution in [3.8, 4) is 0 Å². The van der Waals surface area contributed by atoms with E-state index < -0.39 is 0 Å². The number of thiophene rings is 1. The SMILES string of the molecule is CCNC(=NCc1ccsc1)NCc1ccoc1.I. The molecule has 0 bridgehead atoms. The van der Waals surface area contributed by atoms with Crippen LogP contribution >= 0.6 is 35.3 Å². The Labute approximate surface area is 134 Å². The first-order valence-electron chi connectivity index (χ1n) is 5.93. The fourth-order valence-electron chi connectivity index (χ4n) is 1.47. The molecule has 0 aliphatic carbocycles. The summed E-state index contributed by atoms with van der Waals surface area (Å²) in [5, 5.41) is 10.7. The molecule has 0 spiro atoms. The fraction of sp³-hybridized carbons (Fsp3) is 0.308. The summed E-state index contributed by atoms with van der Waals surface area (Å²) in [4.78, 5) is 4.53. The second-order valence-corrected chi connectivity index (χ2v) is 4.59. The number of nitrogens with one attached hydrogen (secondary N) is 2. The van der Waals surface area contributed by atoms with Crippen molar-refractivity contribution >= 4 is 41.3 Å². The molecular formula is C13H18IN3OS. The zero-order valence-electron chi connectivity index (χ0n) is 10.8. The number of guanidine groups is 1. The van der Waals surface area contributed by atoms with Crippen LogP contribution in [0.3, 0.4) is 0 Å². The van der Waals surface area contributed by atoms with Crippen LogP contribution in [0.2, 0.25) is 0 Å². The summed E-state index contributed by atoms with van der Waals surface area (Å²) < 4.78 is 5.03. The molecule has 6 heteroatoms. The molecule has 0 saturated heterocycles. The smallest absolute Gasteiger partial charge is 0.191 e. The largest absolute Gasteiger partial charge is 0.472 e. The average molecular weight is 391 g/mol.